The molecule has 3 nitrogen and oxygen atoms in total. The molecule has 0 fully saturated rings. The summed E-state index contributed by atoms with van der Waals surface area (Å²) in [6.45, 7) is 0. The van der Waals surface area contributed by atoms with Crippen molar-refractivity contribution in [3.8, 4) is 11.1 Å². The molecule has 0 aliphatic heterocycles. The fourth-order valence-electron chi connectivity index (χ4n) is 8.95. The number of para-hydroxylation sites is 3. The number of fused-ring (bicyclic) bond motifs is 9. The number of thiophene rings is 1. The Morgan fingerprint density at radius 1 is 0.283 bits per heavy atom. The first-order valence-electron chi connectivity index (χ1n) is 20.3. The number of hydrogen-bond donors (Lipinski definition) is 0. The van der Waals surface area contributed by atoms with Gasteiger partial charge < -0.3 is 14.2 Å². The van der Waals surface area contributed by atoms with Crippen LogP contribution in [0.25, 0.3) is 74.8 Å². The van der Waals surface area contributed by atoms with Crippen LogP contribution in [-0.2, 0) is 0 Å². The van der Waals surface area contributed by atoms with Gasteiger partial charge in [0.1, 0.15) is 11.2 Å². The molecule has 0 aliphatic carbocycles. The summed E-state index contributed by atoms with van der Waals surface area (Å²) in [5.74, 6) is 0. The lowest BCUT2D eigenvalue weighted by molar-refractivity contribution is 0.669. The fraction of sp³-hybridized carbons (Fsp3) is 0. The Kier molecular flexibility index (Phi) is 8.03. The molecule has 0 amide bonds. The molecular formula is C56H36N2OS. The highest BCUT2D eigenvalue weighted by Gasteiger charge is 2.21. The van der Waals surface area contributed by atoms with Crippen LogP contribution in [0.1, 0.15) is 0 Å². The van der Waals surface area contributed by atoms with Crippen LogP contribution in [0, 0.1) is 0 Å². The lowest BCUT2D eigenvalue weighted by atomic mass is 9.98. The molecular weight excluding hydrogens is 749 g/mol. The van der Waals surface area contributed by atoms with E-state index >= 15 is 0 Å². The Bertz CT molecular complexity index is 3520. The second-order valence-electron chi connectivity index (χ2n) is 15.4. The van der Waals surface area contributed by atoms with Crippen molar-refractivity contribution < 1.29 is 4.42 Å². The van der Waals surface area contributed by atoms with E-state index in [-0.39, 0.29) is 0 Å². The largest absolute Gasteiger partial charge is 0.456 e. The van der Waals surface area contributed by atoms with Gasteiger partial charge in [0, 0.05) is 65.1 Å². The van der Waals surface area contributed by atoms with Gasteiger partial charge >= 0.3 is 0 Å². The minimum absolute atomic E-state index is 0.906. The summed E-state index contributed by atoms with van der Waals surface area (Å²) in [4.78, 5) is 4.80. The van der Waals surface area contributed by atoms with Crippen molar-refractivity contribution in [2.75, 3.05) is 9.80 Å². The van der Waals surface area contributed by atoms with Crippen molar-refractivity contribution in [3.63, 3.8) is 0 Å². The van der Waals surface area contributed by atoms with Crippen molar-refractivity contribution in [1.29, 1.82) is 0 Å². The van der Waals surface area contributed by atoms with E-state index in [9.17, 15) is 0 Å². The predicted molar refractivity (Wildman–Crippen MR) is 256 cm³/mol. The average Bonchev–Trinajstić information content (AvgIpc) is 3.87. The number of benzene rings is 10. The molecule has 0 saturated heterocycles. The summed E-state index contributed by atoms with van der Waals surface area (Å²) >= 11 is 1.85. The minimum Gasteiger partial charge on any atom is -0.456 e. The third kappa shape index (κ3) is 5.80. The van der Waals surface area contributed by atoms with E-state index < -0.39 is 0 Å². The van der Waals surface area contributed by atoms with Gasteiger partial charge in [-0.05, 0) is 130 Å². The van der Waals surface area contributed by atoms with Crippen molar-refractivity contribution in [2.45, 2.75) is 0 Å². The maximum absolute atomic E-state index is 6.34. The Hall–Kier alpha value is -7.66. The topological polar surface area (TPSA) is 19.6 Å². The summed E-state index contributed by atoms with van der Waals surface area (Å²) in [7, 11) is 0. The van der Waals surface area contributed by atoms with Crippen molar-refractivity contribution in [3.05, 3.63) is 218 Å². The van der Waals surface area contributed by atoms with Crippen molar-refractivity contribution >= 4 is 109 Å². The third-order valence-electron chi connectivity index (χ3n) is 11.7. The SMILES string of the molecule is c1ccc(-c2cc(N(c3ccccc3)c3ccccc3)cc(N(c3ccc4ccc5cc6oc7ccccc7c6cc5c4c3)c3ccc4sc5ccccc5c4c3)c2)cc1. The van der Waals surface area contributed by atoms with Crippen LogP contribution in [0.3, 0.4) is 0 Å². The van der Waals surface area contributed by atoms with Crippen molar-refractivity contribution in [2.24, 2.45) is 0 Å². The highest BCUT2D eigenvalue weighted by atomic mass is 32.1. The molecule has 0 unspecified atom stereocenters. The quantitative estimate of drug-likeness (QED) is 0.150. The van der Waals surface area contributed by atoms with Crippen LogP contribution in [0.4, 0.5) is 34.1 Å². The molecule has 0 atom stereocenters. The number of hydrogen-bond acceptors (Lipinski definition) is 4. The van der Waals surface area contributed by atoms with Gasteiger partial charge in [0.05, 0.1) is 0 Å². The molecule has 0 saturated carbocycles. The van der Waals surface area contributed by atoms with E-state index in [0.717, 1.165) is 72.6 Å². The van der Waals surface area contributed by atoms with Gasteiger partial charge in [0.2, 0.25) is 0 Å². The van der Waals surface area contributed by atoms with Gasteiger partial charge in [-0.25, -0.2) is 0 Å². The van der Waals surface area contributed by atoms with Crippen LogP contribution in [-0.4, -0.2) is 0 Å². The van der Waals surface area contributed by atoms with Crippen LogP contribution < -0.4 is 9.80 Å². The molecule has 282 valence electrons. The number of anilines is 6. The van der Waals surface area contributed by atoms with Crippen LogP contribution in [0.2, 0.25) is 0 Å². The highest BCUT2D eigenvalue weighted by Crippen LogP contribution is 2.46. The molecule has 4 heteroatoms. The predicted octanol–water partition coefficient (Wildman–Crippen LogP) is 16.9. The Balaban J connectivity index is 1.14. The Labute approximate surface area is 351 Å². The second kappa shape index (κ2) is 14.0. The van der Waals surface area contributed by atoms with E-state index in [1.807, 2.05) is 17.4 Å². The van der Waals surface area contributed by atoms with E-state index in [1.165, 1.54) is 36.3 Å². The highest BCUT2D eigenvalue weighted by molar-refractivity contribution is 7.25. The number of nitrogens with zero attached hydrogens (tertiary/aromatic N) is 2. The van der Waals surface area contributed by atoms with Gasteiger partial charge in [-0.1, -0.05) is 121 Å². The van der Waals surface area contributed by atoms with E-state index in [1.54, 1.807) is 0 Å². The summed E-state index contributed by atoms with van der Waals surface area (Å²) < 4.78 is 8.91. The van der Waals surface area contributed by atoms with Gasteiger partial charge in [-0.3, -0.25) is 0 Å². The lowest BCUT2D eigenvalue weighted by Crippen LogP contribution is -2.13. The van der Waals surface area contributed by atoms with Gasteiger partial charge in [-0.15, -0.1) is 11.3 Å². The molecule has 12 rings (SSSR count). The maximum atomic E-state index is 6.34. The normalized spacial score (nSPS) is 11.7. The molecule has 60 heavy (non-hydrogen) atoms. The van der Waals surface area contributed by atoms with E-state index in [0.29, 0.717) is 0 Å². The molecule has 12 aromatic rings. The first-order chi connectivity index (χ1) is 29.7. The molecule has 0 radical (unpaired) electrons. The summed E-state index contributed by atoms with van der Waals surface area (Å²) in [5, 5.41) is 9.53. The van der Waals surface area contributed by atoms with Crippen LogP contribution in [0.5, 0.6) is 0 Å². The number of rotatable bonds is 7. The minimum atomic E-state index is 0.906. The molecule has 0 bridgehead atoms. The lowest BCUT2D eigenvalue weighted by Gasteiger charge is -2.30. The number of furan rings is 1. The first-order valence-corrected chi connectivity index (χ1v) is 21.1. The average molecular weight is 785 g/mol. The molecule has 2 aromatic heterocycles. The standard InChI is InChI=1S/C56H36N2OS/c1-4-14-37(15-5-1)40-30-45(57(41-16-6-2-7-17-41)42-18-8-3-9-19-42)33-46(31-40)58(44-28-29-56-52(35-44)48-21-11-13-23-55(48)60-56)43-27-26-38-24-25-39-32-54-51(36-50(39)49(38)34-43)47-20-10-12-22-53(47)59-54/h1-36H. The summed E-state index contributed by atoms with van der Waals surface area (Å²) in [5.41, 5.74) is 10.6. The fourth-order valence-corrected chi connectivity index (χ4v) is 10.0. The van der Waals surface area contributed by atoms with E-state index in [4.69, 9.17) is 4.42 Å². The molecule has 0 aliphatic rings. The molecule has 0 spiro atoms. The van der Waals surface area contributed by atoms with Crippen LogP contribution in [0.15, 0.2) is 223 Å². The van der Waals surface area contributed by atoms with Gasteiger partial charge in [-0.2, -0.15) is 0 Å². The smallest absolute Gasteiger partial charge is 0.136 e. The Morgan fingerprint density at radius 3 is 1.58 bits per heavy atom. The zero-order valence-corrected chi connectivity index (χ0v) is 33.3. The van der Waals surface area contributed by atoms with E-state index in [2.05, 4.69) is 222 Å². The third-order valence-corrected chi connectivity index (χ3v) is 12.9. The summed E-state index contributed by atoms with van der Waals surface area (Å²) in [6.07, 6.45) is 0. The molecule has 10 aromatic carbocycles. The van der Waals surface area contributed by atoms with Gasteiger partial charge in [0.15, 0.2) is 0 Å². The monoisotopic (exact) mass is 784 g/mol. The van der Waals surface area contributed by atoms with Crippen molar-refractivity contribution in [1.82, 2.24) is 0 Å². The maximum Gasteiger partial charge on any atom is 0.136 e. The van der Waals surface area contributed by atoms with Gasteiger partial charge in [0.25, 0.3) is 0 Å². The Morgan fingerprint density at radius 2 is 0.833 bits per heavy atom. The zero-order chi connectivity index (χ0) is 39.6. The molecule has 0 N–H and O–H groups in total. The van der Waals surface area contributed by atoms with Crippen LogP contribution >= 0.6 is 11.3 Å². The summed E-state index contributed by atoms with van der Waals surface area (Å²) in [6, 6.07) is 79.0. The second-order valence-corrected chi connectivity index (χ2v) is 16.4. The molecule has 2 heterocycles. The zero-order valence-electron chi connectivity index (χ0n) is 32.5. The first kappa shape index (κ1) is 34.4.